The Hall–Kier alpha value is -2.72. The molecule has 0 radical (unpaired) electrons. The highest BCUT2D eigenvalue weighted by atomic mass is 32.2. The Morgan fingerprint density at radius 2 is 1.85 bits per heavy atom. The first-order valence-electron chi connectivity index (χ1n) is 11.2. The number of fused-ring (bicyclic) bond motifs is 3. The second kappa shape index (κ2) is 8.20. The summed E-state index contributed by atoms with van der Waals surface area (Å²) >= 11 is 0. The van der Waals surface area contributed by atoms with Gasteiger partial charge < -0.3 is 19.2 Å². The lowest BCUT2D eigenvalue weighted by molar-refractivity contribution is -0.152. The number of hydrogen-bond donors (Lipinski definition) is 1. The third-order valence-corrected chi connectivity index (χ3v) is 8.48. The molecule has 34 heavy (non-hydrogen) atoms. The molecule has 2 aliphatic rings. The first-order chi connectivity index (χ1) is 16.1. The average molecular weight is 485 g/mol. The topological polar surface area (TPSA) is 97.9 Å². The summed E-state index contributed by atoms with van der Waals surface area (Å²) in [6.45, 7) is 5.65. The number of rotatable bonds is 4. The molecule has 8 nitrogen and oxygen atoms in total. The van der Waals surface area contributed by atoms with E-state index in [0.717, 1.165) is 22.0 Å². The van der Waals surface area contributed by atoms with Gasteiger partial charge in [-0.05, 0) is 44.5 Å². The van der Waals surface area contributed by atoms with Gasteiger partial charge in [0, 0.05) is 23.0 Å². The van der Waals surface area contributed by atoms with Gasteiger partial charge in [0.05, 0.1) is 24.7 Å². The van der Waals surface area contributed by atoms with Gasteiger partial charge in [-0.25, -0.2) is 8.42 Å². The van der Waals surface area contributed by atoms with Crippen molar-refractivity contribution in [3.05, 3.63) is 65.4 Å². The Morgan fingerprint density at radius 1 is 1.15 bits per heavy atom. The van der Waals surface area contributed by atoms with Gasteiger partial charge in [0.1, 0.15) is 12.1 Å². The van der Waals surface area contributed by atoms with Crippen LogP contribution >= 0.6 is 0 Å². The third kappa shape index (κ3) is 3.73. The number of methoxy groups -OCH3 is 1. The van der Waals surface area contributed by atoms with Crippen LogP contribution < -0.4 is 0 Å². The number of aromatic amines is 1. The molecule has 9 heteroatoms. The Morgan fingerprint density at radius 3 is 2.50 bits per heavy atom. The largest absolute Gasteiger partial charge is 0.468 e. The summed E-state index contributed by atoms with van der Waals surface area (Å²) in [5.74, 6) is -1.50. The van der Waals surface area contributed by atoms with E-state index in [1.165, 1.54) is 11.4 Å². The zero-order chi connectivity index (χ0) is 24.3. The van der Waals surface area contributed by atoms with Crippen molar-refractivity contribution in [3.8, 4) is 0 Å². The molecule has 1 N–H and O–H groups in total. The van der Waals surface area contributed by atoms with Gasteiger partial charge in [0.25, 0.3) is 0 Å². The maximum Gasteiger partial charge on any atom is 0.324 e. The number of H-pyrrole nitrogens is 1. The molecule has 2 aliphatic heterocycles. The van der Waals surface area contributed by atoms with Crippen molar-refractivity contribution in [2.45, 2.75) is 56.1 Å². The quantitative estimate of drug-likeness (QED) is 0.570. The first kappa shape index (κ1) is 23.0. The van der Waals surface area contributed by atoms with Crippen LogP contribution in [0, 0.1) is 6.92 Å². The summed E-state index contributed by atoms with van der Waals surface area (Å²) in [5, 5.41) is 0.946. The predicted octanol–water partition coefficient (Wildman–Crippen LogP) is 3.46. The fourth-order valence-electron chi connectivity index (χ4n) is 4.99. The van der Waals surface area contributed by atoms with Crippen LogP contribution in [-0.4, -0.2) is 55.3 Å². The summed E-state index contributed by atoms with van der Waals surface area (Å²) in [7, 11) is -2.84. The molecule has 2 unspecified atom stereocenters. The number of carbonyl (C=O) groups excluding carboxylic acids is 1. The molecule has 180 valence electrons. The highest BCUT2D eigenvalue weighted by Crippen LogP contribution is 2.45. The molecule has 5 rings (SSSR count). The number of nitrogens with zero attached hydrogens (tertiary/aromatic N) is 1. The zero-order valence-corrected chi connectivity index (χ0v) is 20.4. The maximum absolute atomic E-state index is 14.1. The number of aryl methyl sites for hydroxylation is 1. The summed E-state index contributed by atoms with van der Waals surface area (Å²) in [6, 6.07) is 12.5. The molecular formula is C25H28N2O6S. The van der Waals surface area contributed by atoms with Gasteiger partial charge in [-0.15, -0.1) is 0 Å². The van der Waals surface area contributed by atoms with Crippen LogP contribution in [0.25, 0.3) is 10.9 Å². The Bertz CT molecular complexity index is 1350. The number of ether oxygens (including phenoxy) is 3. The van der Waals surface area contributed by atoms with Crippen LogP contribution in [0.5, 0.6) is 0 Å². The Labute approximate surface area is 198 Å². The molecule has 0 aliphatic carbocycles. The fourth-order valence-corrected chi connectivity index (χ4v) is 6.75. The average Bonchev–Trinajstić information content (AvgIpc) is 3.36. The number of para-hydroxylation sites is 1. The fraction of sp³-hybridized carbons (Fsp3) is 0.400. The predicted molar refractivity (Wildman–Crippen MR) is 126 cm³/mol. The monoisotopic (exact) mass is 484 g/mol. The second-order valence-electron chi connectivity index (χ2n) is 9.27. The Kier molecular flexibility index (Phi) is 5.55. The number of aromatic nitrogens is 1. The molecule has 1 fully saturated rings. The SMILES string of the molecule is COC(=O)C1Cc2c([nH]c3ccccc23)C([C@H]2COC(C)(C)O2)N1S(=O)(=O)c1ccc(C)cc1. The van der Waals surface area contributed by atoms with E-state index in [1.54, 1.807) is 38.1 Å². The molecule has 0 bridgehead atoms. The summed E-state index contributed by atoms with van der Waals surface area (Å²) in [4.78, 5) is 16.6. The van der Waals surface area contributed by atoms with Crippen molar-refractivity contribution in [3.63, 3.8) is 0 Å². The van der Waals surface area contributed by atoms with Crippen molar-refractivity contribution in [2.24, 2.45) is 0 Å². The van der Waals surface area contributed by atoms with Crippen LogP contribution in [0.2, 0.25) is 0 Å². The normalized spacial score (nSPS) is 24.8. The van der Waals surface area contributed by atoms with E-state index < -0.39 is 40.0 Å². The molecule has 3 aromatic rings. The van der Waals surface area contributed by atoms with Crippen molar-refractivity contribution < 1.29 is 27.4 Å². The first-order valence-corrected chi connectivity index (χ1v) is 12.7. The van der Waals surface area contributed by atoms with Crippen LogP contribution in [0.4, 0.5) is 0 Å². The number of esters is 1. The van der Waals surface area contributed by atoms with Crippen molar-refractivity contribution >= 4 is 26.9 Å². The number of nitrogens with one attached hydrogen (secondary N) is 1. The van der Waals surface area contributed by atoms with E-state index >= 15 is 0 Å². The molecule has 3 atom stereocenters. The zero-order valence-electron chi connectivity index (χ0n) is 19.6. The van der Waals surface area contributed by atoms with Crippen LogP contribution in [0.15, 0.2) is 53.4 Å². The van der Waals surface area contributed by atoms with E-state index in [2.05, 4.69) is 4.98 Å². The molecule has 0 saturated carbocycles. The number of hydrogen-bond acceptors (Lipinski definition) is 6. The van der Waals surface area contributed by atoms with Gasteiger partial charge in [-0.3, -0.25) is 4.79 Å². The van der Waals surface area contributed by atoms with E-state index in [4.69, 9.17) is 14.2 Å². The number of sulfonamides is 1. The van der Waals surface area contributed by atoms with E-state index in [0.29, 0.717) is 5.69 Å². The lowest BCUT2D eigenvalue weighted by atomic mass is 9.91. The third-order valence-electron chi connectivity index (χ3n) is 6.57. The lowest BCUT2D eigenvalue weighted by Crippen LogP contribution is -2.54. The maximum atomic E-state index is 14.1. The molecule has 2 aromatic carbocycles. The number of carbonyl (C=O) groups is 1. The molecular weight excluding hydrogens is 456 g/mol. The Balaban J connectivity index is 1.74. The van der Waals surface area contributed by atoms with Crippen LogP contribution in [-0.2, 0) is 35.4 Å². The second-order valence-corrected chi connectivity index (χ2v) is 11.1. The van der Waals surface area contributed by atoms with Gasteiger partial charge in [-0.2, -0.15) is 4.31 Å². The van der Waals surface area contributed by atoms with Crippen molar-refractivity contribution in [1.82, 2.24) is 9.29 Å². The van der Waals surface area contributed by atoms with E-state index in [1.807, 2.05) is 31.2 Å². The highest BCUT2D eigenvalue weighted by molar-refractivity contribution is 7.89. The van der Waals surface area contributed by atoms with Crippen LogP contribution in [0.3, 0.4) is 0 Å². The summed E-state index contributed by atoms with van der Waals surface area (Å²) < 4.78 is 46.5. The van der Waals surface area contributed by atoms with E-state index in [9.17, 15) is 13.2 Å². The van der Waals surface area contributed by atoms with Gasteiger partial charge >= 0.3 is 5.97 Å². The minimum Gasteiger partial charge on any atom is -0.468 e. The summed E-state index contributed by atoms with van der Waals surface area (Å²) in [5.41, 5.74) is 3.41. The van der Waals surface area contributed by atoms with E-state index in [-0.39, 0.29) is 17.9 Å². The smallest absolute Gasteiger partial charge is 0.324 e. The highest BCUT2D eigenvalue weighted by Gasteiger charge is 2.53. The minimum atomic E-state index is -4.11. The lowest BCUT2D eigenvalue weighted by Gasteiger charge is -2.41. The van der Waals surface area contributed by atoms with Crippen LogP contribution in [0.1, 0.15) is 36.7 Å². The molecule has 1 saturated heterocycles. The minimum absolute atomic E-state index is 0.106. The van der Waals surface area contributed by atoms with Gasteiger partial charge in [-0.1, -0.05) is 35.9 Å². The van der Waals surface area contributed by atoms with Gasteiger partial charge in [0.2, 0.25) is 10.0 Å². The van der Waals surface area contributed by atoms with Gasteiger partial charge in [0.15, 0.2) is 5.79 Å². The number of benzene rings is 2. The molecule has 0 amide bonds. The molecule has 0 spiro atoms. The molecule has 1 aromatic heterocycles. The standard InChI is InChI=1S/C25H28N2O6S/c1-15-9-11-16(12-10-15)34(29,30)27-20(24(28)31-4)13-18-17-7-5-6-8-19(17)26-22(18)23(27)21-14-32-25(2,3)33-21/h5-12,20-21,23,26H,13-14H2,1-4H3/t20?,21-,23?/m1/s1. The summed E-state index contributed by atoms with van der Waals surface area (Å²) in [6.07, 6.45) is -0.445. The van der Waals surface area contributed by atoms with Crippen molar-refractivity contribution in [2.75, 3.05) is 13.7 Å². The van der Waals surface area contributed by atoms with Crippen molar-refractivity contribution in [1.29, 1.82) is 0 Å². The molecule has 3 heterocycles.